The largest absolute Gasteiger partial charge is 0.480 e. The number of aliphatic hydroxyl groups excluding tert-OH is 1. The Kier molecular flexibility index (Phi) is 4.85. The van der Waals surface area contributed by atoms with Gasteiger partial charge in [0.25, 0.3) is 5.91 Å². The molecule has 0 fully saturated rings. The predicted octanol–water partition coefficient (Wildman–Crippen LogP) is 0.945. The van der Waals surface area contributed by atoms with E-state index in [4.69, 9.17) is 5.11 Å². The number of hydrogen-bond donors (Lipinski definition) is 3. The zero-order chi connectivity index (χ0) is 13.7. The zero-order valence-corrected chi connectivity index (χ0v) is 10.3. The Morgan fingerprint density at radius 3 is 2.17 bits per heavy atom. The molecule has 1 rings (SSSR count). The Balaban J connectivity index is 2.73. The van der Waals surface area contributed by atoms with E-state index in [0.29, 0.717) is 5.56 Å². The van der Waals surface area contributed by atoms with Gasteiger partial charge in [0.1, 0.15) is 6.04 Å². The number of carbonyl (C=O) groups excluding carboxylic acids is 1. The van der Waals surface area contributed by atoms with Gasteiger partial charge in [-0.1, -0.05) is 44.2 Å². The highest BCUT2D eigenvalue weighted by Gasteiger charge is 2.26. The SMILES string of the molecule is CC(C)[C@@H](NC(=O)[C@@H](O)c1ccccc1)C(=O)O. The summed E-state index contributed by atoms with van der Waals surface area (Å²) >= 11 is 0. The van der Waals surface area contributed by atoms with Crippen LogP contribution < -0.4 is 5.32 Å². The van der Waals surface area contributed by atoms with Gasteiger partial charge in [-0.05, 0) is 11.5 Å². The Morgan fingerprint density at radius 1 is 1.17 bits per heavy atom. The Hall–Kier alpha value is -1.88. The molecule has 2 atom stereocenters. The lowest BCUT2D eigenvalue weighted by Gasteiger charge is -2.20. The molecule has 18 heavy (non-hydrogen) atoms. The van der Waals surface area contributed by atoms with Gasteiger partial charge in [0.2, 0.25) is 0 Å². The van der Waals surface area contributed by atoms with Gasteiger partial charge in [-0.25, -0.2) is 4.79 Å². The first kappa shape index (κ1) is 14.2. The van der Waals surface area contributed by atoms with E-state index in [1.165, 1.54) is 0 Å². The van der Waals surface area contributed by atoms with Gasteiger partial charge < -0.3 is 15.5 Å². The Morgan fingerprint density at radius 2 is 1.72 bits per heavy atom. The van der Waals surface area contributed by atoms with Crippen molar-refractivity contribution in [2.45, 2.75) is 26.0 Å². The molecule has 3 N–H and O–H groups in total. The van der Waals surface area contributed by atoms with Gasteiger partial charge in [0.05, 0.1) is 0 Å². The van der Waals surface area contributed by atoms with Crippen LogP contribution in [0.3, 0.4) is 0 Å². The van der Waals surface area contributed by atoms with Crippen molar-refractivity contribution in [3.63, 3.8) is 0 Å². The third kappa shape index (κ3) is 3.56. The molecule has 0 aliphatic carbocycles. The first-order valence-corrected chi connectivity index (χ1v) is 5.69. The van der Waals surface area contributed by atoms with Crippen molar-refractivity contribution >= 4 is 11.9 Å². The highest BCUT2D eigenvalue weighted by Crippen LogP contribution is 2.13. The first-order valence-electron chi connectivity index (χ1n) is 5.69. The third-order valence-electron chi connectivity index (χ3n) is 2.59. The summed E-state index contributed by atoms with van der Waals surface area (Å²) < 4.78 is 0. The molecule has 1 aromatic rings. The third-order valence-corrected chi connectivity index (χ3v) is 2.59. The van der Waals surface area contributed by atoms with Gasteiger partial charge in [-0.2, -0.15) is 0 Å². The van der Waals surface area contributed by atoms with Crippen LogP contribution in [0.4, 0.5) is 0 Å². The topological polar surface area (TPSA) is 86.6 Å². The fourth-order valence-corrected chi connectivity index (χ4v) is 1.53. The zero-order valence-electron chi connectivity index (χ0n) is 10.3. The van der Waals surface area contributed by atoms with E-state index in [1.54, 1.807) is 44.2 Å². The van der Waals surface area contributed by atoms with Crippen LogP contribution >= 0.6 is 0 Å². The standard InChI is InChI=1S/C13H17NO4/c1-8(2)10(13(17)18)14-12(16)11(15)9-6-4-3-5-7-9/h3-8,10-11,15H,1-2H3,(H,14,16)(H,17,18)/t10-,11+/m1/s1. The average molecular weight is 251 g/mol. The number of nitrogens with one attached hydrogen (secondary N) is 1. The van der Waals surface area contributed by atoms with Gasteiger partial charge in [0, 0.05) is 0 Å². The summed E-state index contributed by atoms with van der Waals surface area (Å²) in [6.45, 7) is 3.38. The summed E-state index contributed by atoms with van der Waals surface area (Å²) in [6, 6.07) is 7.37. The minimum Gasteiger partial charge on any atom is -0.480 e. The second-order valence-electron chi connectivity index (χ2n) is 4.38. The molecule has 0 radical (unpaired) electrons. The molecule has 5 nitrogen and oxygen atoms in total. The smallest absolute Gasteiger partial charge is 0.326 e. The summed E-state index contributed by atoms with van der Waals surface area (Å²) in [7, 11) is 0. The lowest BCUT2D eigenvalue weighted by atomic mass is 10.0. The van der Waals surface area contributed by atoms with Crippen molar-refractivity contribution in [3.05, 3.63) is 35.9 Å². The molecule has 98 valence electrons. The summed E-state index contributed by atoms with van der Waals surface area (Å²) in [5.74, 6) is -2.07. The number of carboxylic acids is 1. The molecule has 0 saturated carbocycles. The van der Waals surface area contributed by atoms with Crippen LogP contribution in [0.1, 0.15) is 25.5 Å². The fourth-order valence-electron chi connectivity index (χ4n) is 1.53. The van der Waals surface area contributed by atoms with Crippen LogP contribution in [-0.2, 0) is 9.59 Å². The van der Waals surface area contributed by atoms with Crippen molar-refractivity contribution in [1.29, 1.82) is 0 Å². The number of benzene rings is 1. The van der Waals surface area contributed by atoms with Gasteiger partial charge in [-0.3, -0.25) is 4.79 Å². The molecule has 0 unspecified atom stereocenters. The second-order valence-corrected chi connectivity index (χ2v) is 4.38. The van der Waals surface area contributed by atoms with Crippen molar-refractivity contribution in [2.24, 2.45) is 5.92 Å². The number of amides is 1. The van der Waals surface area contributed by atoms with Crippen LogP contribution in [0.25, 0.3) is 0 Å². The van der Waals surface area contributed by atoms with E-state index in [0.717, 1.165) is 0 Å². The van der Waals surface area contributed by atoms with Crippen molar-refractivity contribution < 1.29 is 19.8 Å². The van der Waals surface area contributed by atoms with Crippen molar-refractivity contribution in [3.8, 4) is 0 Å². The van der Waals surface area contributed by atoms with Crippen LogP contribution in [0.15, 0.2) is 30.3 Å². The molecular formula is C13H17NO4. The number of carbonyl (C=O) groups is 2. The lowest BCUT2D eigenvalue weighted by molar-refractivity contribution is -0.144. The number of hydrogen-bond acceptors (Lipinski definition) is 3. The van der Waals surface area contributed by atoms with E-state index in [1.807, 2.05) is 0 Å². The molecule has 0 heterocycles. The summed E-state index contributed by atoms with van der Waals surface area (Å²) in [5.41, 5.74) is 0.433. The van der Waals surface area contributed by atoms with Crippen LogP contribution in [0.2, 0.25) is 0 Å². The van der Waals surface area contributed by atoms with E-state index >= 15 is 0 Å². The van der Waals surface area contributed by atoms with Crippen LogP contribution in [-0.4, -0.2) is 28.1 Å². The summed E-state index contributed by atoms with van der Waals surface area (Å²) in [6.07, 6.45) is -1.35. The highest BCUT2D eigenvalue weighted by molar-refractivity contribution is 5.87. The molecule has 0 saturated heterocycles. The molecule has 1 amide bonds. The lowest BCUT2D eigenvalue weighted by Crippen LogP contribution is -2.46. The minimum atomic E-state index is -1.35. The predicted molar refractivity (Wildman–Crippen MR) is 65.8 cm³/mol. The normalized spacial score (nSPS) is 14.0. The van der Waals surface area contributed by atoms with E-state index in [9.17, 15) is 14.7 Å². The second kappa shape index (κ2) is 6.16. The van der Waals surface area contributed by atoms with Crippen LogP contribution in [0, 0.1) is 5.92 Å². The van der Waals surface area contributed by atoms with Crippen LogP contribution in [0.5, 0.6) is 0 Å². The fraction of sp³-hybridized carbons (Fsp3) is 0.385. The van der Waals surface area contributed by atoms with Crippen molar-refractivity contribution in [2.75, 3.05) is 0 Å². The van der Waals surface area contributed by atoms with Gasteiger partial charge in [0.15, 0.2) is 6.10 Å². The quantitative estimate of drug-likeness (QED) is 0.727. The summed E-state index contributed by atoms with van der Waals surface area (Å²) in [5, 5.41) is 21.1. The molecule has 5 heteroatoms. The van der Waals surface area contributed by atoms with Gasteiger partial charge >= 0.3 is 5.97 Å². The molecule has 0 bridgehead atoms. The summed E-state index contributed by atoms with van der Waals surface area (Å²) in [4.78, 5) is 22.7. The molecular weight excluding hydrogens is 234 g/mol. The molecule has 0 spiro atoms. The molecule has 1 aromatic carbocycles. The number of carboxylic acid groups (broad SMARTS) is 1. The molecule has 0 aliphatic rings. The first-order chi connectivity index (χ1) is 8.43. The Bertz CT molecular complexity index is 416. The Labute approximate surface area is 105 Å². The number of aliphatic hydroxyl groups is 1. The van der Waals surface area contributed by atoms with E-state index in [2.05, 4.69) is 5.32 Å². The number of rotatable bonds is 5. The maximum absolute atomic E-state index is 11.7. The maximum Gasteiger partial charge on any atom is 0.326 e. The maximum atomic E-state index is 11.7. The molecule has 0 aromatic heterocycles. The monoisotopic (exact) mass is 251 g/mol. The van der Waals surface area contributed by atoms with Crippen molar-refractivity contribution in [1.82, 2.24) is 5.32 Å². The average Bonchev–Trinajstić information content (AvgIpc) is 2.35. The minimum absolute atomic E-state index is 0.255. The van der Waals surface area contributed by atoms with Gasteiger partial charge in [-0.15, -0.1) is 0 Å². The number of aliphatic carboxylic acids is 1. The molecule has 0 aliphatic heterocycles. The van der Waals surface area contributed by atoms with E-state index < -0.39 is 24.0 Å². The van der Waals surface area contributed by atoms with E-state index in [-0.39, 0.29) is 5.92 Å². The highest BCUT2D eigenvalue weighted by atomic mass is 16.4.